The zero-order chi connectivity index (χ0) is 18.6. The van der Waals surface area contributed by atoms with Crippen LogP contribution in [0.5, 0.6) is 5.75 Å². The number of nitrogens with zero attached hydrogens (tertiary/aromatic N) is 2. The molecule has 0 unspecified atom stereocenters. The first-order valence-corrected chi connectivity index (χ1v) is 8.08. The second-order valence-electron chi connectivity index (χ2n) is 5.92. The predicted molar refractivity (Wildman–Crippen MR) is 98.7 cm³/mol. The van der Waals surface area contributed by atoms with Crippen molar-refractivity contribution >= 4 is 35.6 Å². The molecule has 1 aromatic rings. The number of nitro groups is 1. The van der Waals surface area contributed by atoms with Crippen molar-refractivity contribution in [2.24, 2.45) is 5.73 Å². The fourth-order valence-electron chi connectivity index (χ4n) is 2.72. The summed E-state index contributed by atoms with van der Waals surface area (Å²) in [5, 5.41) is 13.9. The quantitative estimate of drug-likeness (QED) is 0.538. The Kier molecular flexibility index (Phi) is 7.34. The Morgan fingerprint density at radius 3 is 2.62 bits per heavy atom. The maximum atomic E-state index is 12.4. The molecule has 0 radical (unpaired) electrons. The van der Waals surface area contributed by atoms with Gasteiger partial charge in [0, 0.05) is 18.7 Å². The standard InChI is InChI=1S/C16H22N4O5.ClH/c1-3-16(4-2,10-17)18-14(21)8-19-12-7-11(20(23)24)5-6-13(12)25-9-15(19)22;/h5-7H,3-4,8-10,17H2,1-2H3,(H,18,21);1H. The molecule has 1 aromatic carbocycles. The van der Waals surface area contributed by atoms with Crippen molar-refractivity contribution in [1.29, 1.82) is 0 Å². The van der Waals surface area contributed by atoms with E-state index in [2.05, 4.69) is 5.32 Å². The highest BCUT2D eigenvalue weighted by Crippen LogP contribution is 2.35. The summed E-state index contributed by atoms with van der Waals surface area (Å²) in [7, 11) is 0. The van der Waals surface area contributed by atoms with Crippen LogP contribution in [0.1, 0.15) is 26.7 Å². The first kappa shape index (κ1) is 21.7. The minimum absolute atomic E-state index is 0. The molecule has 0 bridgehead atoms. The van der Waals surface area contributed by atoms with Crippen LogP contribution < -0.4 is 20.7 Å². The lowest BCUT2D eigenvalue weighted by Crippen LogP contribution is -2.56. The molecule has 2 rings (SSSR count). The van der Waals surface area contributed by atoms with Gasteiger partial charge < -0.3 is 15.8 Å². The molecule has 0 aromatic heterocycles. The van der Waals surface area contributed by atoms with E-state index in [9.17, 15) is 19.7 Å². The van der Waals surface area contributed by atoms with Crippen LogP contribution in [-0.2, 0) is 9.59 Å². The molecule has 0 fully saturated rings. The molecule has 2 amide bonds. The van der Waals surface area contributed by atoms with Crippen LogP contribution in [0.2, 0.25) is 0 Å². The molecule has 0 atom stereocenters. The Morgan fingerprint density at radius 1 is 1.42 bits per heavy atom. The fourth-order valence-corrected chi connectivity index (χ4v) is 2.72. The largest absolute Gasteiger partial charge is 0.482 e. The highest BCUT2D eigenvalue weighted by atomic mass is 35.5. The van der Waals surface area contributed by atoms with Gasteiger partial charge in [-0.2, -0.15) is 0 Å². The van der Waals surface area contributed by atoms with Gasteiger partial charge >= 0.3 is 0 Å². The lowest BCUT2D eigenvalue weighted by Gasteiger charge is -2.34. The zero-order valence-electron chi connectivity index (χ0n) is 14.7. The van der Waals surface area contributed by atoms with Crippen LogP contribution in [-0.4, -0.2) is 42.0 Å². The molecule has 3 N–H and O–H groups in total. The molecule has 0 aliphatic carbocycles. The first-order valence-electron chi connectivity index (χ1n) is 8.08. The third-order valence-electron chi connectivity index (χ3n) is 4.55. The number of fused-ring (bicyclic) bond motifs is 1. The average Bonchev–Trinajstić information content (AvgIpc) is 2.61. The third-order valence-corrected chi connectivity index (χ3v) is 4.55. The van der Waals surface area contributed by atoms with Gasteiger partial charge in [0.15, 0.2) is 6.61 Å². The van der Waals surface area contributed by atoms with Crippen molar-refractivity contribution in [2.75, 3.05) is 24.6 Å². The van der Waals surface area contributed by atoms with E-state index in [1.165, 1.54) is 23.1 Å². The molecule has 9 nitrogen and oxygen atoms in total. The zero-order valence-corrected chi connectivity index (χ0v) is 15.5. The van der Waals surface area contributed by atoms with Gasteiger partial charge in [-0.05, 0) is 18.9 Å². The summed E-state index contributed by atoms with van der Waals surface area (Å²) in [5.74, 6) is -0.481. The molecule has 144 valence electrons. The molecular formula is C16H23ClN4O5. The summed E-state index contributed by atoms with van der Waals surface area (Å²) in [5.41, 5.74) is 5.28. The van der Waals surface area contributed by atoms with Gasteiger partial charge in [-0.25, -0.2) is 0 Å². The molecule has 0 saturated heterocycles. The number of anilines is 1. The van der Waals surface area contributed by atoms with Gasteiger partial charge in [0.1, 0.15) is 12.3 Å². The lowest BCUT2D eigenvalue weighted by molar-refractivity contribution is -0.384. The topological polar surface area (TPSA) is 128 Å². The summed E-state index contributed by atoms with van der Waals surface area (Å²) < 4.78 is 5.28. The van der Waals surface area contributed by atoms with Crippen LogP contribution in [0.4, 0.5) is 11.4 Å². The Balaban J connectivity index is 0.00000338. The van der Waals surface area contributed by atoms with Crippen LogP contribution in [0.3, 0.4) is 0 Å². The first-order chi connectivity index (χ1) is 11.9. The number of carbonyl (C=O) groups is 2. The molecule has 1 aliphatic rings. The Labute approximate surface area is 157 Å². The number of rotatable bonds is 7. The van der Waals surface area contributed by atoms with Gasteiger partial charge in [0.2, 0.25) is 5.91 Å². The van der Waals surface area contributed by atoms with Crippen LogP contribution >= 0.6 is 12.4 Å². The van der Waals surface area contributed by atoms with E-state index in [-0.39, 0.29) is 49.4 Å². The van der Waals surface area contributed by atoms with Crippen molar-refractivity contribution < 1.29 is 19.2 Å². The summed E-state index contributed by atoms with van der Waals surface area (Å²) in [6, 6.07) is 3.95. The SMILES string of the molecule is CCC(CC)(CN)NC(=O)CN1C(=O)COc2ccc([N+](=O)[O-])cc21.Cl. The maximum Gasteiger partial charge on any atom is 0.271 e. The van der Waals surface area contributed by atoms with Crippen molar-refractivity contribution in [3.05, 3.63) is 28.3 Å². The number of ether oxygens (including phenoxy) is 1. The van der Waals surface area contributed by atoms with E-state index < -0.39 is 16.4 Å². The summed E-state index contributed by atoms with van der Waals surface area (Å²) in [6.07, 6.45) is 1.32. The Hall–Kier alpha value is -2.39. The Morgan fingerprint density at radius 2 is 2.08 bits per heavy atom. The summed E-state index contributed by atoms with van der Waals surface area (Å²) in [4.78, 5) is 36.2. The molecule has 26 heavy (non-hydrogen) atoms. The number of carbonyl (C=O) groups excluding carboxylic acids is 2. The van der Waals surface area contributed by atoms with Crippen molar-refractivity contribution in [3.8, 4) is 5.75 Å². The number of non-ortho nitro benzene ring substituents is 1. The van der Waals surface area contributed by atoms with Crippen LogP contribution in [0.15, 0.2) is 18.2 Å². The van der Waals surface area contributed by atoms with Crippen molar-refractivity contribution in [2.45, 2.75) is 32.2 Å². The van der Waals surface area contributed by atoms with E-state index >= 15 is 0 Å². The molecular weight excluding hydrogens is 364 g/mol. The van der Waals surface area contributed by atoms with E-state index in [1.54, 1.807) is 0 Å². The highest BCUT2D eigenvalue weighted by Gasteiger charge is 2.32. The molecule has 0 saturated carbocycles. The predicted octanol–water partition coefficient (Wildman–Crippen LogP) is 1.38. The number of nitro benzene ring substituents is 1. The number of benzene rings is 1. The molecule has 1 aliphatic heterocycles. The molecule has 0 spiro atoms. The van der Waals surface area contributed by atoms with E-state index in [0.717, 1.165) is 0 Å². The minimum Gasteiger partial charge on any atom is -0.482 e. The maximum absolute atomic E-state index is 12.4. The minimum atomic E-state index is -0.564. The highest BCUT2D eigenvalue weighted by molar-refractivity contribution is 6.02. The van der Waals surface area contributed by atoms with Gasteiger partial charge in [0.05, 0.1) is 16.1 Å². The van der Waals surface area contributed by atoms with Gasteiger partial charge in [-0.1, -0.05) is 13.8 Å². The number of amides is 2. The summed E-state index contributed by atoms with van der Waals surface area (Å²) >= 11 is 0. The third kappa shape index (κ3) is 4.41. The monoisotopic (exact) mass is 386 g/mol. The lowest BCUT2D eigenvalue weighted by atomic mass is 9.93. The average molecular weight is 387 g/mol. The van der Waals surface area contributed by atoms with E-state index in [4.69, 9.17) is 10.5 Å². The van der Waals surface area contributed by atoms with Crippen LogP contribution in [0, 0.1) is 10.1 Å². The summed E-state index contributed by atoms with van der Waals surface area (Å²) in [6.45, 7) is 3.66. The molecule has 10 heteroatoms. The fraction of sp³-hybridized carbons (Fsp3) is 0.500. The van der Waals surface area contributed by atoms with Crippen LogP contribution in [0.25, 0.3) is 0 Å². The van der Waals surface area contributed by atoms with E-state index in [1.807, 2.05) is 13.8 Å². The number of hydrogen-bond donors (Lipinski definition) is 2. The van der Waals surface area contributed by atoms with Crippen molar-refractivity contribution in [1.82, 2.24) is 5.32 Å². The van der Waals surface area contributed by atoms with Crippen molar-refractivity contribution in [3.63, 3.8) is 0 Å². The van der Waals surface area contributed by atoms with Gasteiger partial charge in [0.25, 0.3) is 11.6 Å². The number of nitrogens with one attached hydrogen (secondary N) is 1. The van der Waals surface area contributed by atoms with Gasteiger partial charge in [-0.15, -0.1) is 12.4 Å². The second kappa shape index (κ2) is 8.81. The normalized spacial score (nSPS) is 13.3. The number of hydrogen-bond acceptors (Lipinski definition) is 6. The second-order valence-corrected chi connectivity index (χ2v) is 5.92. The Bertz CT molecular complexity index is 685. The smallest absolute Gasteiger partial charge is 0.271 e. The molecule has 1 heterocycles. The van der Waals surface area contributed by atoms with E-state index in [0.29, 0.717) is 18.6 Å². The number of nitrogens with two attached hydrogens (primary N) is 1. The number of halogens is 1. The van der Waals surface area contributed by atoms with Gasteiger partial charge in [-0.3, -0.25) is 24.6 Å².